The number of aryl methyl sites for hydroxylation is 1. The Labute approximate surface area is 305 Å². The highest BCUT2D eigenvalue weighted by Gasteiger charge is 2.21. The van der Waals surface area contributed by atoms with Crippen LogP contribution in [0.4, 0.5) is 0 Å². The molecule has 2 aromatic carbocycles. The van der Waals surface area contributed by atoms with Crippen molar-refractivity contribution < 1.29 is 43.1 Å². The van der Waals surface area contributed by atoms with Crippen molar-refractivity contribution in [1.29, 1.82) is 0 Å². The summed E-state index contributed by atoms with van der Waals surface area (Å²) in [6, 6.07) is 19.2. The van der Waals surface area contributed by atoms with Crippen molar-refractivity contribution in [3.8, 4) is 23.0 Å². The van der Waals surface area contributed by atoms with Gasteiger partial charge < -0.3 is 38.3 Å². The van der Waals surface area contributed by atoms with E-state index in [4.69, 9.17) is 33.2 Å². The van der Waals surface area contributed by atoms with Gasteiger partial charge in [0.15, 0.2) is 0 Å². The summed E-state index contributed by atoms with van der Waals surface area (Å²) in [5.41, 5.74) is 4.56. The molecular formula is C42H60O9. The minimum absolute atomic E-state index is 0.0608. The van der Waals surface area contributed by atoms with Gasteiger partial charge in [-0.1, -0.05) is 80.3 Å². The van der Waals surface area contributed by atoms with Gasteiger partial charge in [-0.2, -0.15) is 0 Å². The van der Waals surface area contributed by atoms with Gasteiger partial charge >= 0.3 is 5.97 Å². The van der Waals surface area contributed by atoms with Gasteiger partial charge in [-0.3, -0.25) is 0 Å². The Balaban J connectivity index is 1.23. The molecule has 0 aliphatic carbocycles. The first-order chi connectivity index (χ1) is 25.0. The summed E-state index contributed by atoms with van der Waals surface area (Å²) in [7, 11) is 3.21. The van der Waals surface area contributed by atoms with Crippen LogP contribution in [0, 0.1) is 11.8 Å². The van der Waals surface area contributed by atoms with Crippen LogP contribution in [-0.4, -0.2) is 89.7 Å². The van der Waals surface area contributed by atoms with Crippen molar-refractivity contribution >= 4 is 5.97 Å². The second kappa shape index (κ2) is 26.7. The first-order valence-electron chi connectivity index (χ1n) is 18.5. The van der Waals surface area contributed by atoms with Gasteiger partial charge in [0, 0.05) is 32.6 Å². The molecule has 3 rings (SSSR count). The maximum Gasteiger partial charge on any atom is 0.334 e. The molecule has 0 saturated heterocycles. The molecule has 0 saturated carbocycles. The molecule has 1 N–H and O–H groups in total. The summed E-state index contributed by atoms with van der Waals surface area (Å²) in [5.74, 6) is 6.06. The van der Waals surface area contributed by atoms with Gasteiger partial charge in [-0.05, 0) is 68.2 Å². The third kappa shape index (κ3) is 18.8. The van der Waals surface area contributed by atoms with Crippen molar-refractivity contribution in [1.82, 2.24) is 0 Å². The molecule has 1 aliphatic heterocycles. The largest absolute Gasteiger partial charge is 0.455 e. The molecule has 1 unspecified atom stereocenters. The van der Waals surface area contributed by atoms with E-state index in [0.717, 1.165) is 69.8 Å². The van der Waals surface area contributed by atoms with E-state index in [2.05, 4.69) is 60.4 Å². The predicted molar refractivity (Wildman–Crippen MR) is 199 cm³/mol. The number of esters is 1. The second-order valence-electron chi connectivity index (χ2n) is 13.0. The number of aliphatic hydroxyl groups excluding tert-OH is 1. The van der Waals surface area contributed by atoms with Crippen LogP contribution in [0.3, 0.4) is 0 Å². The Morgan fingerprint density at radius 3 is 2.04 bits per heavy atom. The molecule has 0 aromatic heterocycles. The molecule has 0 radical (unpaired) electrons. The zero-order valence-corrected chi connectivity index (χ0v) is 31.0. The highest BCUT2D eigenvalue weighted by Crippen LogP contribution is 2.21. The second-order valence-corrected chi connectivity index (χ2v) is 13.0. The Hall–Kier alpha value is -3.07. The van der Waals surface area contributed by atoms with Gasteiger partial charge in [-0.25, -0.2) is 4.79 Å². The lowest BCUT2D eigenvalue weighted by Gasteiger charge is -2.18. The molecule has 0 amide bonds. The number of cyclic esters (lactones) is 1. The number of rotatable bonds is 28. The summed E-state index contributed by atoms with van der Waals surface area (Å²) in [5, 5.41) is 10.3. The number of hydrogen-bond acceptors (Lipinski definition) is 9. The maximum atomic E-state index is 11.7. The van der Waals surface area contributed by atoms with Crippen LogP contribution in [0.2, 0.25) is 0 Å². The minimum Gasteiger partial charge on any atom is -0.455 e. The number of carbonyl (C=O) groups excluding carboxylic acids is 1. The monoisotopic (exact) mass is 708 g/mol. The molecule has 1 heterocycles. The van der Waals surface area contributed by atoms with E-state index in [1.54, 1.807) is 14.2 Å². The highest BCUT2D eigenvalue weighted by atomic mass is 16.7. The molecule has 282 valence electrons. The van der Waals surface area contributed by atoms with Crippen molar-refractivity contribution in [2.75, 3.05) is 54.2 Å². The van der Waals surface area contributed by atoms with Crippen LogP contribution in [0.15, 0.2) is 66.2 Å². The van der Waals surface area contributed by atoms with E-state index in [-0.39, 0.29) is 37.9 Å². The molecule has 4 atom stereocenters. The summed E-state index contributed by atoms with van der Waals surface area (Å²) >= 11 is 0. The number of aliphatic hydroxyl groups is 1. The fraction of sp³-hybridized carbons (Fsp3) is 0.595. The third-order valence-electron chi connectivity index (χ3n) is 8.64. The molecule has 0 bridgehead atoms. The summed E-state index contributed by atoms with van der Waals surface area (Å²) in [6.07, 6.45) is 11.5. The third-order valence-corrected chi connectivity index (χ3v) is 8.64. The van der Waals surface area contributed by atoms with E-state index in [0.29, 0.717) is 39.3 Å². The maximum absolute atomic E-state index is 11.7. The van der Waals surface area contributed by atoms with Crippen LogP contribution in [-0.2, 0) is 44.4 Å². The van der Waals surface area contributed by atoms with Crippen LogP contribution < -0.4 is 0 Å². The Morgan fingerprint density at radius 2 is 1.35 bits per heavy atom. The fourth-order valence-electron chi connectivity index (χ4n) is 5.80. The average molecular weight is 709 g/mol. The number of ether oxygens (including phenoxy) is 7. The number of carbonyl (C=O) groups is 1. The normalized spacial score (nSPS) is 15.9. The van der Waals surface area contributed by atoms with Crippen LogP contribution in [0.1, 0.15) is 83.1 Å². The minimum atomic E-state index is -0.438. The van der Waals surface area contributed by atoms with Gasteiger partial charge in [0.1, 0.15) is 19.7 Å². The number of unbranched alkanes of at least 4 members (excludes halogenated alkanes) is 4. The van der Waals surface area contributed by atoms with Gasteiger partial charge in [0.25, 0.3) is 0 Å². The first kappa shape index (κ1) is 42.3. The topological polar surface area (TPSA) is 102 Å². The molecular weight excluding hydrogens is 648 g/mol. The van der Waals surface area contributed by atoms with E-state index >= 15 is 0 Å². The van der Waals surface area contributed by atoms with E-state index in [1.807, 2.05) is 19.1 Å². The molecule has 1 aliphatic rings. The van der Waals surface area contributed by atoms with Crippen molar-refractivity contribution in [3.05, 3.63) is 71.8 Å². The Morgan fingerprint density at radius 1 is 0.725 bits per heavy atom. The molecule has 9 nitrogen and oxygen atoms in total. The van der Waals surface area contributed by atoms with E-state index < -0.39 is 6.10 Å². The zero-order chi connectivity index (χ0) is 36.4. The van der Waals surface area contributed by atoms with E-state index in [1.165, 1.54) is 16.7 Å². The van der Waals surface area contributed by atoms with Gasteiger partial charge in [0.05, 0.1) is 44.7 Å². The lowest BCUT2D eigenvalue weighted by atomic mass is 10.0. The van der Waals surface area contributed by atoms with Crippen molar-refractivity contribution in [2.45, 2.75) is 108 Å². The number of methoxy groups -OCH3 is 2. The van der Waals surface area contributed by atoms with Crippen molar-refractivity contribution in [3.63, 3.8) is 0 Å². The summed E-state index contributed by atoms with van der Waals surface area (Å²) < 4.78 is 38.7. The molecule has 0 spiro atoms. The van der Waals surface area contributed by atoms with Crippen LogP contribution in [0.25, 0.3) is 11.1 Å². The summed E-state index contributed by atoms with van der Waals surface area (Å²) in [6.45, 7) is 3.97. The zero-order valence-electron chi connectivity index (χ0n) is 31.0. The molecule has 2 aromatic rings. The molecule has 9 heteroatoms. The smallest absolute Gasteiger partial charge is 0.334 e. The standard InChI is InChI=1S/C42H60O9/c1-34-29-38(42(44)51-34)18-8-5-4-6-11-19-39(43)20-12-13-21-40(49-32-45-2)30-47-27-28-48-31-41(50-33-46-3)22-14-15-35-23-25-37(26-24-35)36-16-9-7-10-17-36/h7,9-10,16-17,23-26,29,34,39-41,43H,4-6,8,11,14-15,18-22,27-28,30-33H2,1-3H3/t34-,39?,40-,41-/m0/s1. The SMILES string of the molecule is COCO[C@@H](CC#CCC(O)CCCCCCCC1=C[C@H](C)OC1=O)COCCOC[C@H](CCCc1ccc(-c2ccccc2)cc1)OCOC. The fourth-order valence-corrected chi connectivity index (χ4v) is 5.80. The Kier molecular flexibility index (Phi) is 22.1. The quantitative estimate of drug-likeness (QED) is 0.0419. The highest BCUT2D eigenvalue weighted by molar-refractivity contribution is 5.90. The van der Waals surface area contributed by atoms with Crippen LogP contribution in [0.5, 0.6) is 0 Å². The number of benzene rings is 2. The summed E-state index contributed by atoms with van der Waals surface area (Å²) in [4.78, 5) is 11.7. The number of hydrogen-bond donors (Lipinski definition) is 1. The lowest BCUT2D eigenvalue weighted by molar-refractivity contribution is -0.139. The van der Waals surface area contributed by atoms with Crippen molar-refractivity contribution in [2.24, 2.45) is 0 Å². The first-order valence-corrected chi connectivity index (χ1v) is 18.5. The van der Waals surface area contributed by atoms with Gasteiger partial charge in [0.2, 0.25) is 0 Å². The van der Waals surface area contributed by atoms with Gasteiger partial charge in [-0.15, -0.1) is 11.8 Å². The van der Waals surface area contributed by atoms with E-state index in [9.17, 15) is 9.90 Å². The Bertz CT molecular complexity index is 1280. The molecule has 51 heavy (non-hydrogen) atoms. The lowest BCUT2D eigenvalue weighted by Crippen LogP contribution is -2.24. The predicted octanol–water partition coefficient (Wildman–Crippen LogP) is 7.43. The van der Waals surface area contributed by atoms with Crippen LogP contribution >= 0.6 is 0 Å². The average Bonchev–Trinajstić information content (AvgIpc) is 3.47. The molecule has 0 fully saturated rings.